The summed E-state index contributed by atoms with van der Waals surface area (Å²) >= 11 is 0. The first-order valence-electron chi connectivity index (χ1n) is 10.8. The van der Waals surface area contributed by atoms with Gasteiger partial charge < -0.3 is 18.9 Å². The third-order valence-corrected chi connectivity index (χ3v) is 4.43. The lowest BCUT2D eigenvalue weighted by molar-refractivity contribution is -0.0106. The number of hydrogen-bond donors (Lipinski definition) is 0. The molecule has 0 aliphatic rings. The van der Waals surface area contributed by atoms with Crippen LogP contribution < -0.4 is 4.74 Å². The van der Waals surface area contributed by atoms with Crippen LogP contribution in [-0.2, 0) is 27.4 Å². The molecule has 3 rings (SSSR count). The standard InChI is InChI=1S/C26H31NO6/c1-25(2,3)32-23(28)27-15-19(17-31-24(29)33-26(4,5)6)21-14-20(12-13-22(21)27)30-16-18-10-8-7-9-11-18/h7-15H,16-17H2,1-6H3. The molecule has 176 valence electrons. The highest BCUT2D eigenvalue weighted by molar-refractivity contribution is 5.93. The molecule has 3 aromatic rings. The molecule has 0 atom stereocenters. The van der Waals surface area contributed by atoms with Gasteiger partial charge >= 0.3 is 12.2 Å². The minimum absolute atomic E-state index is 0.0661. The summed E-state index contributed by atoms with van der Waals surface area (Å²) in [6.07, 6.45) is 0.315. The van der Waals surface area contributed by atoms with Crippen LogP contribution in [0.1, 0.15) is 52.7 Å². The van der Waals surface area contributed by atoms with E-state index in [-0.39, 0.29) is 6.61 Å². The Morgan fingerprint density at radius 2 is 1.52 bits per heavy atom. The maximum Gasteiger partial charge on any atom is 0.509 e. The fourth-order valence-electron chi connectivity index (χ4n) is 3.10. The van der Waals surface area contributed by atoms with Gasteiger partial charge in [0.1, 0.15) is 30.2 Å². The predicted octanol–water partition coefficient (Wildman–Crippen LogP) is 6.46. The largest absolute Gasteiger partial charge is 0.509 e. The van der Waals surface area contributed by atoms with Crippen LogP contribution in [0.3, 0.4) is 0 Å². The lowest BCUT2D eigenvalue weighted by atomic mass is 10.1. The Bertz CT molecular complexity index is 1120. The summed E-state index contributed by atoms with van der Waals surface area (Å²) in [5.74, 6) is 0.631. The molecule has 0 amide bonds. The van der Waals surface area contributed by atoms with Crippen molar-refractivity contribution in [1.82, 2.24) is 4.57 Å². The summed E-state index contributed by atoms with van der Waals surface area (Å²) in [6, 6.07) is 15.2. The van der Waals surface area contributed by atoms with Crippen molar-refractivity contribution in [3.05, 3.63) is 65.9 Å². The summed E-state index contributed by atoms with van der Waals surface area (Å²) in [5, 5.41) is 0.718. The van der Waals surface area contributed by atoms with Crippen molar-refractivity contribution in [2.24, 2.45) is 0 Å². The highest BCUT2D eigenvalue weighted by Crippen LogP contribution is 2.28. The zero-order valence-electron chi connectivity index (χ0n) is 20.0. The van der Waals surface area contributed by atoms with Gasteiger partial charge in [-0.3, -0.25) is 4.57 Å². The van der Waals surface area contributed by atoms with E-state index < -0.39 is 23.5 Å². The molecule has 7 heteroatoms. The molecule has 0 spiro atoms. The topological polar surface area (TPSA) is 76.0 Å². The SMILES string of the molecule is CC(C)(C)OC(=O)OCc1cn(C(=O)OC(C)(C)C)c2ccc(OCc3ccccc3)cc12. The zero-order chi connectivity index (χ0) is 24.2. The molecule has 0 unspecified atom stereocenters. The molecule has 0 N–H and O–H groups in total. The Hall–Kier alpha value is -3.48. The molecule has 0 bridgehead atoms. The monoisotopic (exact) mass is 453 g/mol. The first-order valence-corrected chi connectivity index (χ1v) is 10.8. The van der Waals surface area contributed by atoms with E-state index in [1.54, 1.807) is 59.9 Å². The first-order chi connectivity index (χ1) is 15.4. The fraction of sp³-hybridized carbons (Fsp3) is 0.385. The Labute approximate surface area is 194 Å². The van der Waals surface area contributed by atoms with Crippen molar-refractivity contribution in [1.29, 1.82) is 0 Å². The first kappa shape index (κ1) is 24.2. The number of fused-ring (bicyclic) bond motifs is 1. The van der Waals surface area contributed by atoms with Crippen molar-refractivity contribution >= 4 is 23.2 Å². The minimum atomic E-state index is -0.780. The molecule has 0 aliphatic carbocycles. The minimum Gasteiger partial charge on any atom is -0.489 e. The molecule has 2 aromatic carbocycles. The zero-order valence-corrected chi connectivity index (χ0v) is 20.0. The van der Waals surface area contributed by atoms with Crippen LogP contribution in [-0.4, -0.2) is 28.0 Å². The average molecular weight is 454 g/mol. The van der Waals surface area contributed by atoms with Gasteiger partial charge in [-0.05, 0) is 65.3 Å². The summed E-state index contributed by atoms with van der Waals surface area (Å²) in [7, 11) is 0. The second-order valence-corrected chi connectivity index (χ2v) is 9.71. The number of aromatic nitrogens is 1. The van der Waals surface area contributed by atoms with E-state index in [9.17, 15) is 9.59 Å². The molecule has 0 fully saturated rings. The number of ether oxygens (including phenoxy) is 4. The molecule has 1 aromatic heterocycles. The van der Waals surface area contributed by atoms with E-state index in [0.29, 0.717) is 23.4 Å². The summed E-state index contributed by atoms with van der Waals surface area (Å²) in [4.78, 5) is 24.8. The van der Waals surface area contributed by atoms with E-state index in [1.165, 1.54) is 4.57 Å². The number of nitrogens with zero attached hydrogens (tertiary/aromatic N) is 1. The van der Waals surface area contributed by atoms with Gasteiger partial charge in [0.05, 0.1) is 5.52 Å². The third kappa shape index (κ3) is 7.00. The van der Waals surface area contributed by atoms with Crippen molar-refractivity contribution in [2.75, 3.05) is 0 Å². The molecule has 0 radical (unpaired) electrons. The van der Waals surface area contributed by atoms with E-state index >= 15 is 0 Å². The number of carbonyl (C=O) groups is 2. The second kappa shape index (κ2) is 9.57. The van der Waals surface area contributed by atoms with Gasteiger partial charge in [-0.15, -0.1) is 0 Å². The van der Waals surface area contributed by atoms with Crippen LogP contribution in [0.4, 0.5) is 9.59 Å². The van der Waals surface area contributed by atoms with E-state index in [1.807, 2.05) is 36.4 Å². The maximum atomic E-state index is 12.8. The van der Waals surface area contributed by atoms with Crippen LogP contribution in [0, 0.1) is 0 Å². The number of benzene rings is 2. The predicted molar refractivity (Wildman–Crippen MR) is 125 cm³/mol. The van der Waals surface area contributed by atoms with Crippen LogP contribution in [0.25, 0.3) is 10.9 Å². The summed E-state index contributed by atoms with van der Waals surface area (Å²) in [6.45, 7) is 11.0. The van der Waals surface area contributed by atoms with Gasteiger partial charge in [-0.2, -0.15) is 0 Å². The van der Waals surface area contributed by atoms with E-state index in [4.69, 9.17) is 18.9 Å². The van der Waals surface area contributed by atoms with Gasteiger partial charge in [-0.1, -0.05) is 30.3 Å². The quantitative estimate of drug-likeness (QED) is 0.413. The van der Waals surface area contributed by atoms with Gasteiger partial charge in [0.15, 0.2) is 0 Å². The molecule has 1 heterocycles. The maximum absolute atomic E-state index is 12.8. The van der Waals surface area contributed by atoms with Gasteiger partial charge in [0, 0.05) is 17.1 Å². The van der Waals surface area contributed by atoms with Gasteiger partial charge in [-0.25, -0.2) is 9.59 Å². The Morgan fingerprint density at radius 3 is 2.15 bits per heavy atom. The van der Waals surface area contributed by atoms with Gasteiger partial charge in [0.2, 0.25) is 0 Å². The second-order valence-electron chi connectivity index (χ2n) is 9.71. The molecule has 33 heavy (non-hydrogen) atoms. The van der Waals surface area contributed by atoms with E-state index in [0.717, 1.165) is 10.9 Å². The third-order valence-electron chi connectivity index (χ3n) is 4.43. The molecule has 0 aliphatic heterocycles. The lowest BCUT2D eigenvalue weighted by Crippen LogP contribution is -2.26. The highest BCUT2D eigenvalue weighted by Gasteiger charge is 2.23. The number of rotatable bonds is 5. The van der Waals surface area contributed by atoms with Crippen LogP contribution in [0.15, 0.2) is 54.7 Å². The molecule has 0 saturated heterocycles. The normalized spacial score (nSPS) is 11.8. The van der Waals surface area contributed by atoms with Crippen molar-refractivity contribution in [3.8, 4) is 5.75 Å². The summed E-state index contributed by atoms with van der Waals surface area (Å²) < 4.78 is 23.4. The van der Waals surface area contributed by atoms with Crippen molar-refractivity contribution in [3.63, 3.8) is 0 Å². The molecular formula is C26H31NO6. The fourth-order valence-corrected chi connectivity index (χ4v) is 3.10. The van der Waals surface area contributed by atoms with Crippen molar-refractivity contribution < 1.29 is 28.5 Å². The summed E-state index contributed by atoms with van der Waals surface area (Å²) in [5.41, 5.74) is 0.975. The van der Waals surface area contributed by atoms with Crippen molar-refractivity contribution in [2.45, 2.75) is 66.0 Å². The van der Waals surface area contributed by atoms with Gasteiger partial charge in [0.25, 0.3) is 0 Å². The highest BCUT2D eigenvalue weighted by atomic mass is 16.7. The Morgan fingerprint density at radius 1 is 0.848 bits per heavy atom. The van der Waals surface area contributed by atoms with Crippen LogP contribution in [0.5, 0.6) is 5.75 Å². The number of hydrogen-bond acceptors (Lipinski definition) is 6. The Kier molecular flexibility index (Phi) is 7.01. The van der Waals surface area contributed by atoms with Crippen LogP contribution in [0.2, 0.25) is 0 Å². The van der Waals surface area contributed by atoms with E-state index in [2.05, 4.69) is 0 Å². The number of carbonyl (C=O) groups excluding carboxylic acids is 2. The van der Waals surface area contributed by atoms with Crippen LogP contribution >= 0.6 is 0 Å². The molecule has 7 nitrogen and oxygen atoms in total. The lowest BCUT2D eigenvalue weighted by Gasteiger charge is -2.19. The Balaban J connectivity index is 1.88. The smallest absolute Gasteiger partial charge is 0.489 e. The average Bonchev–Trinajstić information content (AvgIpc) is 3.07. The molecular weight excluding hydrogens is 422 g/mol. The molecule has 0 saturated carbocycles.